The van der Waals surface area contributed by atoms with Gasteiger partial charge in [0.05, 0.1) is 11.6 Å². The molecule has 0 aliphatic carbocycles. The number of nitrogens with two attached hydrogens (primary N) is 1. The molecule has 0 spiro atoms. The Morgan fingerprint density at radius 1 is 1.42 bits per heavy atom. The van der Waals surface area contributed by atoms with Crippen LogP contribution in [0.15, 0.2) is 34.9 Å². The summed E-state index contributed by atoms with van der Waals surface area (Å²) in [6.45, 7) is 0. The fraction of sp³-hybridized carbons (Fsp3) is 0.357. The highest BCUT2D eigenvalue weighted by Gasteiger charge is 2.10. The number of aromatic nitrogens is 2. The van der Waals surface area contributed by atoms with Crippen LogP contribution >= 0.6 is 15.9 Å². The lowest BCUT2D eigenvalue weighted by molar-refractivity contribution is 0.411. The number of ether oxygens (including phenoxy) is 1. The summed E-state index contributed by atoms with van der Waals surface area (Å²) in [5.74, 6) is 0.822. The van der Waals surface area contributed by atoms with E-state index in [0.717, 1.165) is 28.6 Å². The van der Waals surface area contributed by atoms with E-state index in [4.69, 9.17) is 10.5 Å². The van der Waals surface area contributed by atoms with Crippen LogP contribution in [-0.2, 0) is 13.5 Å². The second-order valence-electron chi connectivity index (χ2n) is 4.49. The number of halogens is 1. The van der Waals surface area contributed by atoms with E-state index in [9.17, 15) is 0 Å². The first-order chi connectivity index (χ1) is 9.11. The maximum atomic E-state index is 6.23. The van der Waals surface area contributed by atoms with Crippen LogP contribution in [0.2, 0.25) is 0 Å². The van der Waals surface area contributed by atoms with Crippen LogP contribution in [0, 0.1) is 0 Å². The summed E-state index contributed by atoms with van der Waals surface area (Å²) in [4.78, 5) is 0. The van der Waals surface area contributed by atoms with Crippen molar-refractivity contribution in [1.29, 1.82) is 0 Å². The van der Waals surface area contributed by atoms with Gasteiger partial charge in [0.15, 0.2) is 0 Å². The summed E-state index contributed by atoms with van der Waals surface area (Å²) in [5.41, 5.74) is 8.53. The van der Waals surface area contributed by atoms with Crippen LogP contribution in [0.5, 0.6) is 5.75 Å². The first kappa shape index (κ1) is 14.1. The Kier molecular flexibility index (Phi) is 4.61. The van der Waals surface area contributed by atoms with Gasteiger partial charge in [-0.05, 0) is 52.5 Å². The number of methoxy groups -OCH3 is 1. The van der Waals surface area contributed by atoms with Gasteiger partial charge in [-0.2, -0.15) is 5.10 Å². The van der Waals surface area contributed by atoms with Crippen LogP contribution in [0.4, 0.5) is 0 Å². The van der Waals surface area contributed by atoms with Crippen molar-refractivity contribution in [3.63, 3.8) is 0 Å². The zero-order valence-corrected chi connectivity index (χ0v) is 12.7. The Morgan fingerprint density at radius 3 is 2.79 bits per heavy atom. The molecule has 1 atom stereocenters. The van der Waals surface area contributed by atoms with Crippen molar-refractivity contribution in [2.45, 2.75) is 18.9 Å². The molecule has 1 aromatic carbocycles. The van der Waals surface area contributed by atoms with Gasteiger partial charge in [0.2, 0.25) is 0 Å². The molecule has 0 aliphatic rings. The molecule has 0 saturated heterocycles. The monoisotopic (exact) mass is 323 g/mol. The lowest BCUT2D eigenvalue weighted by Gasteiger charge is -2.13. The lowest BCUT2D eigenvalue weighted by atomic mass is 10.0. The van der Waals surface area contributed by atoms with Crippen LogP contribution < -0.4 is 10.5 Å². The van der Waals surface area contributed by atoms with Gasteiger partial charge in [-0.1, -0.05) is 6.07 Å². The normalized spacial score (nSPS) is 12.4. The Hall–Kier alpha value is -1.33. The molecule has 2 aromatic rings. The van der Waals surface area contributed by atoms with Crippen molar-refractivity contribution >= 4 is 15.9 Å². The third kappa shape index (κ3) is 3.36. The second kappa shape index (κ2) is 6.21. The van der Waals surface area contributed by atoms with Crippen molar-refractivity contribution in [2.24, 2.45) is 12.8 Å². The van der Waals surface area contributed by atoms with Gasteiger partial charge < -0.3 is 10.5 Å². The van der Waals surface area contributed by atoms with Crippen molar-refractivity contribution in [3.05, 3.63) is 46.2 Å². The van der Waals surface area contributed by atoms with Crippen molar-refractivity contribution in [3.8, 4) is 5.75 Å². The maximum Gasteiger partial charge on any atom is 0.133 e. The zero-order valence-electron chi connectivity index (χ0n) is 11.1. The number of hydrogen-bond acceptors (Lipinski definition) is 3. The lowest BCUT2D eigenvalue weighted by Crippen LogP contribution is -2.12. The summed E-state index contributed by atoms with van der Waals surface area (Å²) in [6.07, 6.45) is 3.62. The fourth-order valence-corrected chi connectivity index (χ4v) is 2.59. The van der Waals surface area contributed by atoms with Gasteiger partial charge in [-0.25, -0.2) is 0 Å². The minimum absolute atomic E-state index is 0.0112. The smallest absolute Gasteiger partial charge is 0.133 e. The number of aryl methyl sites for hydroxylation is 2. The summed E-state index contributed by atoms with van der Waals surface area (Å²) in [7, 11) is 3.60. The van der Waals surface area contributed by atoms with Crippen LogP contribution in [0.25, 0.3) is 0 Å². The van der Waals surface area contributed by atoms with Crippen LogP contribution in [-0.4, -0.2) is 16.9 Å². The average Bonchev–Trinajstić information content (AvgIpc) is 2.81. The predicted molar refractivity (Wildman–Crippen MR) is 79.2 cm³/mol. The third-order valence-electron chi connectivity index (χ3n) is 3.24. The molecule has 1 aromatic heterocycles. The van der Waals surface area contributed by atoms with E-state index in [-0.39, 0.29) is 6.04 Å². The van der Waals surface area contributed by atoms with E-state index in [0.29, 0.717) is 0 Å². The van der Waals surface area contributed by atoms with Gasteiger partial charge in [0.1, 0.15) is 5.75 Å². The van der Waals surface area contributed by atoms with E-state index in [1.54, 1.807) is 7.11 Å². The average molecular weight is 324 g/mol. The molecule has 0 radical (unpaired) electrons. The van der Waals surface area contributed by atoms with E-state index >= 15 is 0 Å². The van der Waals surface area contributed by atoms with E-state index in [1.807, 2.05) is 42.2 Å². The van der Waals surface area contributed by atoms with Gasteiger partial charge in [0, 0.05) is 25.0 Å². The Bertz CT molecular complexity index is 553. The summed E-state index contributed by atoms with van der Waals surface area (Å²) in [5, 5.41) is 4.16. The highest BCUT2D eigenvalue weighted by atomic mass is 79.9. The molecule has 19 heavy (non-hydrogen) atoms. The molecule has 0 fully saturated rings. The molecule has 0 aliphatic heterocycles. The van der Waals surface area contributed by atoms with E-state index in [2.05, 4.69) is 21.0 Å². The summed E-state index contributed by atoms with van der Waals surface area (Å²) in [6, 6.07) is 8.00. The Morgan fingerprint density at radius 2 is 2.21 bits per heavy atom. The first-order valence-electron chi connectivity index (χ1n) is 6.17. The molecule has 4 nitrogen and oxygen atoms in total. The van der Waals surface area contributed by atoms with Crippen molar-refractivity contribution in [2.75, 3.05) is 7.11 Å². The number of benzene rings is 1. The first-order valence-corrected chi connectivity index (χ1v) is 6.97. The zero-order chi connectivity index (χ0) is 13.8. The molecule has 5 heteroatoms. The minimum Gasteiger partial charge on any atom is -0.496 e. The van der Waals surface area contributed by atoms with E-state index < -0.39 is 0 Å². The van der Waals surface area contributed by atoms with Crippen molar-refractivity contribution in [1.82, 2.24) is 9.78 Å². The highest BCUT2D eigenvalue weighted by molar-refractivity contribution is 9.10. The van der Waals surface area contributed by atoms with E-state index in [1.165, 1.54) is 5.69 Å². The van der Waals surface area contributed by atoms with Crippen molar-refractivity contribution < 1.29 is 4.74 Å². The van der Waals surface area contributed by atoms with Crippen LogP contribution in [0.1, 0.15) is 23.7 Å². The van der Waals surface area contributed by atoms with Gasteiger partial charge in [-0.3, -0.25) is 4.68 Å². The standard InChI is InChI=1S/C14H18BrN3O/c1-18-11(7-8-17-18)4-5-13(16)10-3-6-14(19-2)12(15)9-10/h3,6-9,13H,4-5,16H2,1-2H3. The largest absolute Gasteiger partial charge is 0.496 e. The summed E-state index contributed by atoms with van der Waals surface area (Å²) < 4.78 is 8.03. The Balaban J connectivity index is 2.02. The molecule has 2 N–H and O–H groups in total. The second-order valence-corrected chi connectivity index (χ2v) is 5.34. The van der Waals surface area contributed by atoms with Gasteiger partial charge in [0.25, 0.3) is 0 Å². The predicted octanol–water partition coefficient (Wildman–Crippen LogP) is 2.82. The third-order valence-corrected chi connectivity index (χ3v) is 3.86. The molecule has 1 heterocycles. The molecule has 1 unspecified atom stereocenters. The number of hydrogen-bond donors (Lipinski definition) is 1. The van der Waals surface area contributed by atoms with Gasteiger partial charge >= 0.3 is 0 Å². The SMILES string of the molecule is COc1ccc(C(N)CCc2ccnn2C)cc1Br. The molecule has 2 rings (SSSR count). The quantitative estimate of drug-likeness (QED) is 0.920. The molecular formula is C14H18BrN3O. The Labute approximate surface area is 121 Å². The number of rotatable bonds is 5. The fourth-order valence-electron chi connectivity index (χ4n) is 2.03. The minimum atomic E-state index is 0.0112. The summed E-state index contributed by atoms with van der Waals surface area (Å²) >= 11 is 3.48. The van der Waals surface area contributed by atoms with Gasteiger partial charge in [-0.15, -0.1) is 0 Å². The number of nitrogens with zero attached hydrogens (tertiary/aromatic N) is 2. The molecule has 0 amide bonds. The molecular weight excluding hydrogens is 306 g/mol. The highest BCUT2D eigenvalue weighted by Crippen LogP contribution is 2.28. The topological polar surface area (TPSA) is 53.1 Å². The molecule has 0 bridgehead atoms. The maximum absolute atomic E-state index is 6.23. The molecule has 102 valence electrons. The molecule has 0 saturated carbocycles. The van der Waals surface area contributed by atoms with Crippen LogP contribution in [0.3, 0.4) is 0 Å².